The van der Waals surface area contributed by atoms with Crippen LogP contribution in [0.2, 0.25) is 0 Å². The van der Waals surface area contributed by atoms with E-state index in [1.165, 1.54) is 6.92 Å². The van der Waals surface area contributed by atoms with Gasteiger partial charge in [0.2, 0.25) is 0 Å². The third-order valence-electron chi connectivity index (χ3n) is 6.84. The molecule has 1 aromatic heterocycles. The molecule has 2 heterocycles. The van der Waals surface area contributed by atoms with Gasteiger partial charge in [0.25, 0.3) is 0 Å². The number of hydrogen-bond acceptors (Lipinski definition) is 5. The summed E-state index contributed by atoms with van der Waals surface area (Å²) in [6.07, 6.45) is 1.22. The Bertz CT molecular complexity index is 1450. The van der Waals surface area contributed by atoms with E-state index in [1.54, 1.807) is 51.6 Å². The van der Waals surface area contributed by atoms with E-state index in [2.05, 4.69) is 0 Å². The SMILES string of the molecule is CC(=O)c1cccc(-n2c(=O)n(C(C)C)c3cc(C(=O)CC4(C)CCS(=O)(=O)CC4)ccc32)c1. The van der Waals surface area contributed by atoms with Crippen LogP contribution in [0, 0.1) is 5.41 Å². The summed E-state index contributed by atoms with van der Waals surface area (Å²) in [5.74, 6) is 0.0904. The zero-order chi connectivity index (χ0) is 24.8. The van der Waals surface area contributed by atoms with Gasteiger partial charge in [0.05, 0.1) is 28.2 Å². The van der Waals surface area contributed by atoms with Gasteiger partial charge >= 0.3 is 5.69 Å². The van der Waals surface area contributed by atoms with Gasteiger partial charge in [-0.15, -0.1) is 0 Å². The predicted octanol–water partition coefficient (Wildman–Crippen LogP) is 4.36. The van der Waals surface area contributed by atoms with Crippen molar-refractivity contribution in [2.45, 2.75) is 53.0 Å². The summed E-state index contributed by atoms with van der Waals surface area (Å²) in [6.45, 7) is 7.28. The Hall–Kier alpha value is -3.00. The van der Waals surface area contributed by atoms with Crippen molar-refractivity contribution < 1.29 is 18.0 Å². The number of fused-ring (bicyclic) bond motifs is 1. The van der Waals surface area contributed by atoms with Gasteiger partial charge < -0.3 is 0 Å². The Morgan fingerprint density at radius 2 is 1.68 bits per heavy atom. The highest BCUT2D eigenvalue weighted by Gasteiger charge is 2.35. The van der Waals surface area contributed by atoms with Gasteiger partial charge in [0, 0.05) is 23.6 Å². The normalized spacial score (nSPS) is 17.2. The minimum atomic E-state index is -3.01. The topological polar surface area (TPSA) is 95.2 Å². The molecule has 0 amide bonds. The van der Waals surface area contributed by atoms with Gasteiger partial charge in [0.1, 0.15) is 9.84 Å². The zero-order valence-corrected chi connectivity index (χ0v) is 20.8. The van der Waals surface area contributed by atoms with Crippen molar-refractivity contribution in [1.29, 1.82) is 0 Å². The Morgan fingerprint density at radius 1 is 1.00 bits per heavy atom. The van der Waals surface area contributed by atoms with Crippen LogP contribution in [-0.4, -0.2) is 40.6 Å². The van der Waals surface area contributed by atoms with E-state index in [-0.39, 0.29) is 46.6 Å². The van der Waals surface area contributed by atoms with Gasteiger partial charge in [-0.2, -0.15) is 0 Å². The summed E-state index contributed by atoms with van der Waals surface area (Å²) in [5, 5.41) is 0. The van der Waals surface area contributed by atoms with Crippen molar-refractivity contribution in [3.63, 3.8) is 0 Å². The molecule has 7 nitrogen and oxygen atoms in total. The number of ketones is 2. The van der Waals surface area contributed by atoms with E-state index in [0.29, 0.717) is 40.7 Å². The standard InChI is InChI=1S/C26H30N2O5S/c1-17(2)27-23-15-20(24(30)16-26(4)10-12-34(32,33)13-11-26)8-9-22(23)28(25(27)31)21-7-5-6-19(14-21)18(3)29/h5-9,14-15,17H,10-13,16H2,1-4H3. The van der Waals surface area contributed by atoms with Crippen LogP contribution in [0.5, 0.6) is 0 Å². The van der Waals surface area contributed by atoms with Gasteiger partial charge in [-0.3, -0.25) is 18.7 Å². The lowest BCUT2D eigenvalue weighted by Crippen LogP contribution is -2.33. The molecule has 180 valence electrons. The van der Waals surface area contributed by atoms with E-state index in [0.717, 1.165) is 0 Å². The van der Waals surface area contributed by atoms with E-state index in [1.807, 2.05) is 20.8 Å². The summed E-state index contributed by atoms with van der Waals surface area (Å²) in [5.41, 5.74) is 2.34. The summed E-state index contributed by atoms with van der Waals surface area (Å²) in [6, 6.07) is 12.1. The van der Waals surface area contributed by atoms with Crippen LogP contribution in [0.25, 0.3) is 16.7 Å². The molecule has 3 aromatic rings. The molecule has 0 atom stereocenters. The highest BCUT2D eigenvalue weighted by Crippen LogP contribution is 2.36. The minimum absolute atomic E-state index is 0.0576. The highest BCUT2D eigenvalue weighted by molar-refractivity contribution is 7.91. The second-order valence-corrected chi connectivity index (χ2v) is 12.3. The lowest BCUT2D eigenvalue weighted by molar-refractivity contribution is 0.0911. The largest absolute Gasteiger partial charge is 0.333 e. The molecule has 8 heteroatoms. The van der Waals surface area contributed by atoms with E-state index in [9.17, 15) is 22.8 Å². The summed E-state index contributed by atoms with van der Waals surface area (Å²) in [4.78, 5) is 38.5. The maximum atomic E-state index is 13.4. The maximum Gasteiger partial charge on any atom is 0.333 e. The summed E-state index contributed by atoms with van der Waals surface area (Å²) < 4.78 is 26.9. The van der Waals surface area contributed by atoms with Gasteiger partial charge in [-0.1, -0.05) is 19.1 Å². The molecule has 1 fully saturated rings. The van der Waals surface area contributed by atoms with Crippen molar-refractivity contribution >= 4 is 32.4 Å². The molecule has 4 rings (SSSR count). The number of hydrogen-bond donors (Lipinski definition) is 0. The quantitative estimate of drug-likeness (QED) is 0.487. The second-order valence-electron chi connectivity index (χ2n) is 9.95. The van der Waals surface area contributed by atoms with E-state index in [4.69, 9.17) is 0 Å². The highest BCUT2D eigenvalue weighted by atomic mass is 32.2. The van der Waals surface area contributed by atoms with Gasteiger partial charge in [-0.05, 0) is 69.4 Å². The first-order valence-electron chi connectivity index (χ1n) is 11.5. The van der Waals surface area contributed by atoms with Crippen LogP contribution in [0.4, 0.5) is 0 Å². The predicted molar refractivity (Wildman–Crippen MR) is 133 cm³/mol. The monoisotopic (exact) mass is 482 g/mol. The molecule has 0 spiro atoms. The number of benzene rings is 2. The van der Waals surface area contributed by atoms with Crippen LogP contribution in [0.3, 0.4) is 0 Å². The molecule has 0 N–H and O–H groups in total. The average molecular weight is 483 g/mol. The first-order valence-corrected chi connectivity index (χ1v) is 13.3. The van der Waals surface area contributed by atoms with Gasteiger partial charge in [0.15, 0.2) is 11.6 Å². The summed E-state index contributed by atoms with van der Waals surface area (Å²) in [7, 11) is -3.01. The zero-order valence-electron chi connectivity index (χ0n) is 20.0. The fourth-order valence-electron chi connectivity index (χ4n) is 4.70. The second kappa shape index (κ2) is 8.65. The first-order chi connectivity index (χ1) is 15.9. The molecule has 0 aliphatic carbocycles. The molecule has 1 aliphatic heterocycles. The third-order valence-corrected chi connectivity index (χ3v) is 8.50. The van der Waals surface area contributed by atoms with Crippen molar-refractivity contribution in [3.05, 3.63) is 64.1 Å². The van der Waals surface area contributed by atoms with Crippen LogP contribution in [0.1, 0.15) is 73.7 Å². The number of carbonyl (C=O) groups excluding carboxylic acids is 2. The minimum Gasteiger partial charge on any atom is -0.295 e. The number of aromatic nitrogens is 2. The van der Waals surface area contributed by atoms with Gasteiger partial charge in [-0.25, -0.2) is 13.2 Å². The van der Waals surface area contributed by atoms with Crippen LogP contribution in [-0.2, 0) is 9.84 Å². The van der Waals surface area contributed by atoms with Crippen molar-refractivity contribution in [2.24, 2.45) is 5.41 Å². The van der Waals surface area contributed by atoms with Crippen LogP contribution < -0.4 is 5.69 Å². The third kappa shape index (κ3) is 4.51. The fourth-order valence-corrected chi connectivity index (χ4v) is 6.51. The van der Waals surface area contributed by atoms with Crippen LogP contribution >= 0.6 is 0 Å². The molecular formula is C26H30N2O5S. The molecule has 0 bridgehead atoms. The fraction of sp³-hybridized carbons (Fsp3) is 0.423. The number of Topliss-reactive ketones (excluding diaryl/α,β-unsaturated/α-hetero) is 2. The molecular weight excluding hydrogens is 452 g/mol. The van der Waals surface area contributed by atoms with E-state index >= 15 is 0 Å². The summed E-state index contributed by atoms with van der Waals surface area (Å²) >= 11 is 0. The molecule has 0 radical (unpaired) electrons. The lowest BCUT2D eigenvalue weighted by atomic mass is 9.78. The molecule has 2 aromatic carbocycles. The number of rotatable bonds is 6. The van der Waals surface area contributed by atoms with Crippen LogP contribution in [0.15, 0.2) is 47.3 Å². The molecule has 1 saturated heterocycles. The smallest absolute Gasteiger partial charge is 0.295 e. The Kier molecular flexibility index (Phi) is 6.14. The molecule has 0 unspecified atom stereocenters. The Labute approximate surface area is 199 Å². The maximum absolute atomic E-state index is 13.4. The molecule has 0 saturated carbocycles. The Morgan fingerprint density at radius 3 is 2.29 bits per heavy atom. The first kappa shape index (κ1) is 24.1. The number of imidazole rings is 1. The molecule has 34 heavy (non-hydrogen) atoms. The average Bonchev–Trinajstić information content (AvgIpc) is 3.07. The van der Waals surface area contributed by atoms with Crippen molar-refractivity contribution in [3.8, 4) is 5.69 Å². The molecule has 1 aliphatic rings. The van der Waals surface area contributed by atoms with E-state index < -0.39 is 9.84 Å². The lowest BCUT2D eigenvalue weighted by Gasteiger charge is -2.32. The number of carbonyl (C=O) groups is 2. The Balaban J connectivity index is 1.76. The number of sulfone groups is 1. The number of nitrogens with zero attached hydrogens (tertiary/aromatic N) is 2. The van der Waals surface area contributed by atoms with Crippen molar-refractivity contribution in [2.75, 3.05) is 11.5 Å². The van der Waals surface area contributed by atoms with Crippen molar-refractivity contribution in [1.82, 2.24) is 9.13 Å².